The molecule has 0 aliphatic heterocycles. The van der Waals surface area contributed by atoms with Crippen LogP contribution >= 0.6 is 0 Å². The van der Waals surface area contributed by atoms with Crippen molar-refractivity contribution in [1.29, 1.82) is 0 Å². The molecule has 0 aromatic carbocycles. The number of tetrazole rings is 1. The quantitative estimate of drug-likeness (QED) is 0.740. The van der Waals surface area contributed by atoms with Gasteiger partial charge in [-0.3, -0.25) is 0 Å². The zero-order chi connectivity index (χ0) is 13.5. The molecule has 2 aromatic heterocycles. The molecule has 0 aliphatic carbocycles. The summed E-state index contributed by atoms with van der Waals surface area (Å²) in [6.45, 7) is 6.16. The Bertz CT molecular complexity index is 465. The van der Waals surface area contributed by atoms with Crippen LogP contribution in [0.5, 0.6) is 0 Å². The lowest BCUT2D eigenvalue weighted by Crippen LogP contribution is -2.25. The largest absolute Gasteiger partial charge is 0.461 e. The number of rotatable bonds is 8. The van der Waals surface area contributed by atoms with Crippen LogP contribution in [0, 0.1) is 0 Å². The van der Waals surface area contributed by atoms with E-state index in [0.29, 0.717) is 11.6 Å². The topological polar surface area (TPSA) is 68.8 Å². The lowest BCUT2D eigenvalue weighted by Gasteiger charge is -2.10. The normalized spacial score (nSPS) is 12.7. The molecule has 0 saturated carbocycles. The van der Waals surface area contributed by atoms with Crippen LogP contribution in [0.15, 0.2) is 22.8 Å². The lowest BCUT2D eigenvalue weighted by molar-refractivity contribution is 0.399. The fraction of sp³-hybridized carbons (Fsp3) is 0.615. The Labute approximate surface area is 113 Å². The summed E-state index contributed by atoms with van der Waals surface area (Å²) >= 11 is 0. The standard InChI is InChI=1S/C13H21N5O/c1-3-4-5-8-14-10-11(2)18-16-13(15-17-18)12-7-6-9-19-12/h6-7,9,11,14H,3-5,8,10H2,1-2H3. The number of nitrogens with zero attached hydrogens (tertiary/aromatic N) is 4. The van der Waals surface area contributed by atoms with Gasteiger partial charge in [0, 0.05) is 6.54 Å². The van der Waals surface area contributed by atoms with E-state index in [4.69, 9.17) is 4.42 Å². The van der Waals surface area contributed by atoms with Crippen LogP contribution < -0.4 is 5.32 Å². The molecule has 2 aromatic rings. The van der Waals surface area contributed by atoms with Gasteiger partial charge in [0.25, 0.3) is 0 Å². The van der Waals surface area contributed by atoms with Crippen LogP contribution in [0.1, 0.15) is 39.2 Å². The van der Waals surface area contributed by atoms with Crippen molar-refractivity contribution in [3.63, 3.8) is 0 Å². The van der Waals surface area contributed by atoms with Crippen molar-refractivity contribution in [2.45, 2.75) is 39.2 Å². The van der Waals surface area contributed by atoms with Gasteiger partial charge in [-0.2, -0.15) is 4.80 Å². The molecule has 6 nitrogen and oxygen atoms in total. The predicted octanol–water partition coefficient (Wildman–Crippen LogP) is 2.27. The zero-order valence-electron chi connectivity index (χ0n) is 11.5. The molecule has 1 unspecified atom stereocenters. The van der Waals surface area contributed by atoms with Gasteiger partial charge in [-0.05, 0) is 37.2 Å². The van der Waals surface area contributed by atoms with E-state index in [0.717, 1.165) is 13.1 Å². The van der Waals surface area contributed by atoms with Crippen molar-refractivity contribution in [1.82, 2.24) is 25.5 Å². The Hall–Kier alpha value is -1.69. The first kappa shape index (κ1) is 13.7. The minimum absolute atomic E-state index is 0.179. The van der Waals surface area contributed by atoms with Crippen molar-refractivity contribution in [3.05, 3.63) is 18.4 Å². The summed E-state index contributed by atoms with van der Waals surface area (Å²) in [6.07, 6.45) is 5.33. The van der Waals surface area contributed by atoms with Crippen LogP contribution in [-0.4, -0.2) is 33.3 Å². The van der Waals surface area contributed by atoms with Crippen molar-refractivity contribution < 1.29 is 4.42 Å². The van der Waals surface area contributed by atoms with Gasteiger partial charge in [-0.25, -0.2) is 0 Å². The average molecular weight is 263 g/mol. The van der Waals surface area contributed by atoms with Crippen molar-refractivity contribution >= 4 is 0 Å². The molecule has 0 saturated heterocycles. The van der Waals surface area contributed by atoms with E-state index in [1.807, 2.05) is 12.1 Å². The Kier molecular flexibility index (Phi) is 5.09. The number of nitrogens with one attached hydrogen (secondary N) is 1. The number of furan rings is 1. The second kappa shape index (κ2) is 7.04. The monoisotopic (exact) mass is 263 g/mol. The van der Waals surface area contributed by atoms with Crippen LogP contribution in [0.4, 0.5) is 0 Å². The van der Waals surface area contributed by atoms with Crippen LogP contribution in [0.2, 0.25) is 0 Å². The molecular weight excluding hydrogens is 242 g/mol. The van der Waals surface area contributed by atoms with Crippen molar-refractivity contribution in [2.75, 3.05) is 13.1 Å². The highest BCUT2D eigenvalue weighted by Gasteiger charge is 2.12. The van der Waals surface area contributed by atoms with Gasteiger partial charge in [0.1, 0.15) is 0 Å². The van der Waals surface area contributed by atoms with E-state index in [1.165, 1.54) is 19.3 Å². The molecule has 19 heavy (non-hydrogen) atoms. The number of aromatic nitrogens is 4. The summed E-state index contributed by atoms with van der Waals surface area (Å²) in [5.41, 5.74) is 0. The molecule has 0 radical (unpaired) electrons. The maximum atomic E-state index is 5.24. The molecule has 0 amide bonds. The highest BCUT2D eigenvalue weighted by molar-refractivity contribution is 5.43. The van der Waals surface area contributed by atoms with E-state index in [9.17, 15) is 0 Å². The molecule has 6 heteroatoms. The minimum Gasteiger partial charge on any atom is -0.461 e. The molecule has 0 bridgehead atoms. The first-order valence-corrected chi connectivity index (χ1v) is 6.85. The maximum absolute atomic E-state index is 5.24. The van der Waals surface area contributed by atoms with Crippen LogP contribution in [0.25, 0.3) is 11.6 Å². The zero-order valence-corrected chi connectivity index (χ0v) is 11.5. The molecular formula is C13H21N5O. The summed E-state index contributed by atoms with van der Waals surface area (Å²) in [4.78, 5) is 1.63. The van der Waals surface area contributed by atoms with Gasteiger partial charge < -0.3 is 9.73 Å². The Balaban J connectivity index is 1.81. The Morgan fingerprint density at radius 1 is 1.42 bits per heavy atom. The second-order valence-corrected chi connectivity index (χ2v) is 4.67. The SMILES string of the molecule is CCCCCNCC(C)n1nnc(-c2ccco2)n1. The molecule has 0 aliphatic rings. The van der Waals surface area contributed by atoms with Crippen LogP contribution in [0.3, 0.4) is 0 Å². The molecule has 0 fully saturated rings. The first-order valence-electron chi connectivity index (χ1n) is 6.85. The summed E-state index contributed by atoms with van der Waals surface area (Å²) in [5.74, 6) is 1.18. The fourth-order valence-corrected chi connectivity index (χ4v) is 1.81. The molecule has 2 heterocycles. The minimum atomic E-state index is 0.179. The van der Waals surface area contributed by atoms with E-state index in [-0.39, 0.29) is 6.04 Å². The Morgan fingerprint density at radius 2 is 2.32 bits per heavy atom. The third-order valence-electron chi connectivity index (χ3n) is 2.96. The molecule has 104 valence electrons. The summed E-state index contributed by atoms with van der Waals surface area (Å²) in [5, 5.41) is 15.8. The van der Waals surface area contributed by atoms with Gasteiger partial charge in [-0.15, -0.1) is 10.2 Å². The van der Waals surface area contributed by atoms with Gasteiger partial charge >= 0.3 is 0 Å². The fourth-order valence-electron chi connectivity index (χ4n) is 1.81. The Morgan fingerprint density at radius 3 is 3.05 bits per heavy atom. The van der Waals surface area contributed by atoms with E-state index in [1.54, 1.807) is 11.1 Å². The highest BCUT2D eigenvalue weighted by atomic mass is 16.3. The third-order valence-corrected chi connectivity index (χ3v) is 2.96. The third kappa shape index (κ3) is 3.89. The van der Waals surface area contributed by atoms with E-state index >= 15 is 0 Å². The van der Waals surface area contributed by atoms with Gasteiger partial charge in [0.15, 0.2) is 5.76 Å². The summed E-state index contributed by atoms with van der Waals surface area (Å²) < 4.78 is 5.24. The van der Waals surface area contributed by atoms with Gasteiger partial charge in [0.05, 0.1) is 12.3 Å². The number of hydrogen-bond acceptors (Lipinski definition) is 5. The smallest absolute Gasteiger partial charge is 0.240 e. The van der Waals surface area contributed by atoms with E-state index in [2.05, 4.69) is 34.6 Å². The molecule has 1 N–H and O–H groups in total. The van der Waals surface area contributed by atoms with Crippen LogP contribution in [-0.2, 0) is 0 Å². The van der Waals surface area contributed by atoms with Crippen molar-refractivity contribution in [3.8, 4) is 11.6 Å². The van der Waals surface area contributed by atoms with Gasteiger partial charge in [0.2, 0.25) is 5.82 Å². The number of unbranched alkanes of at least 4 members (excludes halogenated alkanes) is 2. The molecule has 0 spiro atoms. The average Bonchev–Trinajstić information content (AvgIpc) is 3.08. The van der Waals surface area contributed by atoms with E-state index < -0.39 is 0 Å². The lowest BCUT2D eigenvalue weighted by atomic mass is 10.2. The summed E-state index contributed by atoms with van der Waals surface area (Å²) in [7, 11) is 0. The van der Waals surface area contributed by atoms with Gasteiger partial charge in [-0.1, -0.05) is 19.8 Å². The highest BCUT2D eigenvalue weighted by Crippen LogP contribution is 2.14. The molecule has 1 atom stereocenters. The predicted molar refractivity (Wildman–Crippen MR) is 72.6 cm³/mol. The van der Waals surface area contributed by atoms with Crippen molar-refractivity contribution in [2.24, 2.45) is 0 Å². The molecule has 2 rings (SSSR count). The number of hydrogen-bond donors (Lipinski definition) is 1. The first-order chi connectivity index (χ1) is 9.31. The maximum Gasteiger partial charge on any atom is 0.240 e. The second-order valence-electron chi connectivity index (χ2n) is 4.67. The summed E-state index contributed by atoms with van der Waals surface area (Å²) in [6, 6.07) is 3.82.